The summed E-state index contributed by atoms with van der Waals surface area (Å²) in [5.74, 6) is 1.06. The predicted molar refractivity (Wildman–Crippen MR) is 100 cm³/mol. The molecule has 5 aliphatic rings. The smallest absolute Gasteiger partial charge is 0.318 e. The van der Waals surface area contributed by atoms with Gasteiger partial charge in [0, 0.05) is 26.8 Å². The fraction of sp³-hybridized carbons (Fsp3) is 0.667. The maximum absolute atomic E-state index is 12.2. The summed E-state index contributed by atoms with van der Waals surface area (Å²) in [5.41, 5.74) is 1.39. The molecule has 0 amide bonds. The first-order chi connectivity index (χ1) is 12.6. The first-order valence-corrected chi connectivity index (χ1v) is 11.9. The lowest BCUT2D eigenvalue weighted by Gasteiger charge is -2.24. The van der Waals surface area contributed by atoms with Crippen molar-refractivity contribution in [1.29, 1.82) is 10.5 Å². The number of esters is 2. The van der Waals surface area contributed by atoms with Crippen LogP contribution in [-0.4, -0.2) is 44.4 Å². The van der Waals surface area contributed by atoms with Crippen LogP contribution in [0.3, 0.4) is 0 Å². The molecular weight excluding hydrogens is 388 g/mol. The van der Waals surface area contributed by atoms with E-state index in [1.807, 2.05) is 23.5 Å². The van der Waals surface area contributed by atoms with Gasteiger partial charge in [0.1, 0.15) is 17.7 Å². The molecule has 0 aromatic carbocycles. The maximum atomic E-state index is 12.2. The molecule has 0 aromatic rings. The first kappa shape index (κ1) is 17.0. The molecule has 4 aliphatic heterocycles. The van der Waals surface area contributed by atoms with E-state index >= 15 is 0 Å². The van der Waals surface area contributed by atoms with Crippen molar-refractivity contribution >= 4 is 47.2 Å². The molecular formula is C18H16N2O3S3. The van der Waals surface area contributed by atoms with Crippen LogP contribution in [0.25, 0.3) is 0 Å². The first-order valence-electron chi connectivity index (χ1n) is 8.82. The Morgan fingerprint density at radius 1 is 1.00 bits per heavy atom. The van der Waals surface area contributed by atoms with Crippen molar-refractivity contribution in [2.75, 3.05) is 11.5 Å². The lowest BCUT2D eigenvalue weighted by molar-refractivity contribution is -0.153. The number of ether oxygens (including phenoxy) is 1. The summed E-state index contributed by atoms with van der Waals surface area (Å²) in [6.07, 6.45) is 1.95. The number of nitrogens with zero attached hydrogens (tertiary/aromatic N) is 2. The third-order valence-corrected chi connectivity index (χ3v) is 11.5. The van der Waals surface area contributed by atoms with E-state index in [2.05, 4.69) is 12.1 Å². The summed E-state index contributed by atoms with van der Waals surface area (Å²) in [6.45, 7) is 0. The zero-order valence-corrected chi connectivity index (χ0v) is 16.2. The van der Waals surface area contributed by atoms with Crippen LogP contribution in [0.4, 0.5) is 0 Å². The summed E-state index contributed by atoms with van der Waals surface area (Å²) in [5, 5.41) is 20.2. The monoisotopic (exact) mass is 404 g/mol. The van der Waals surface area contributed by atoms with Crippen LogP contribution in [0.15, 0.2) is 11.1 Å². The zero-order chi connectivity index (χ0) is 18.0. The van der Waals surface area contributed by atoms with Crippen LogP contribution in [0.1, 0.15) is 12.8 Å². The molecule has 0 radical (unpaired) electrons. The molecule has 0 bridgehead atoms. The quantitative estimate of drug-likeness (QED) is 0.374. The van der Waals surface area contributed by atoms with Gasteiger partial charge in [-0.3, -0.25) is 9.59 Å². The topological polar surface area (TPSA) is 91.0 Å². The molecule has 26 heavy (non-hydrogen) atoms. The Labute approximate surface area is 164 Å². The van der Waals surface area contributed by atoms with Crippen LogP contribution < -0.4 is 0 Å². The largest absolute Gasteiger partial charge is 0.393 e. The van der Waals surface area contributed by atoms with Crippen molar-refractivity contribution < 1.29 is 14.3 Å². The van der Waals surface area contributed by atoms with Crippen molar-refractivity contribution in [2.45, 2.75) is 33.8 Å². The van der Waals surface area contributed by atoms with Crippen molar-refractivity contribution in [1.82, 2.24) is 0 Å². The van der Waals surface area contributed by atoms with E-state index in [9.17, 15) is 20.1 Å². The Morgan fingerprint density at radius 3 is 2.58 bits per heavy atom. The third-order valence-electron chi connectivity index (χ3n) is 6.38. The number of carbonyl (C=O) groups is 2. The van der Waals surface area contributed by atoms with Gasteiger partial charge in [0.2, 0.25) is 0 Å². The number of thioether (sulfide) groups is 3. The van der Waals surface area contributed by atoms with Crippen LogP contribution in [-0.2, 0) is 14.3 Å². The van der Waals surface area contributed by atoms with Crippen molar-refractivity contribution in [2.24, 2.45) is 23.7 Å². The van der Waals surface area contributed by atoms with E-state index in [1.165, 1.54) is 0 Å². The van der Waals surface area contributed by atoms with Crippen LogP contribution in [0.5, 0.6) is 0 Å². The number of hydrogen-bond acceptors (Lipinski definition) is 8. The Hall–Kier alpha value is -1.09. The third kappa shape index (κ3) is 2.25. The molecule has 0 spiro atoms. The van der Waals surface area contributed by atoms with E-state index in [1.54, 1.807) is 11.8 Å². The highest BCUT2D eigenvalue weighted by molar-refractivity contribution is 8.06. The number of carbonyl (C=O) groups excluding carboxylic acids is 2. The van der Waals surface area contributed by atoms with Crippen LogP contribution >= 0.6 is 35.3 Å². The van der Waals surface area contributed by atoms with Crippen molar-refractivity contribution in [3.63, 3.8) is 0 Å². The minimum absolute atomic E-state index is 0.105. The zero-order valence-electron chi connectivity index (χ0n) is 13.8. The van der Waals surface area contributed by atoms with E-state index in [0.717, 1.165) is 24.2 Å². The molecule has 0 N–H and O–H groups in total. The van der Waals surface area contributed by atoms with E-state index < -0.39 is 0 Å². The van der Waals surface area contributed by atoms with Gasteiger partial charge in [0.15, 0.2) is 0 Å². The van der Waals surface area contributed by atoms with Gasteiger partial charge in [-0.15, -0.1) is 0 Å². The maximum Gasteiger partial charge on any atom is 0.318 e. The van der Waals surface area contributed by atoms with Gasteiger partial charge in [-0.25, -0.2) is 0 Å². The minimum atomic E-state index is -0.360. The summed E-state index contributed by atoms with van der Waals surface area (Å²) >= 11 is 5.63. The SMILES string of the molecule is N#CC(C#N)=C1C2CCSC2C2SC(C3SCC4C(=O)OC(=O)C43)CC12. The lowest BCUT2D eigenvalue weighted by atomic mass is 9.85. The second-order valence-electron chi connectivity index (χ2n) is 7.44. The molecule has 1 saturated carbocycles. The average molecular weight is 405 g/mol. The van der Waals surface area contributed by atoms with E-state index in [4.69, 9.17) is 4.74 Å². The molecule has 8 atom stereocenters. The molecule has 5 fully saturated rings. The fourth-order valence-corrected chi connectivity index (χ4v) is 11.2. The van der Waals surface area contributed by atoms with Gasteiger partial charge < -0.3 is 4.74 Å². The molecule has 5 rings (SSSR count). The van der Waals surface area contributed by atoms with Gasteiger partial charge in [-0.05, 0) is 36.0 Å². The summed E-state index contributed by atoms with van der Waals surface area (Å²) in [7, 11) is 0. The van der Waals surface area contributed by atoms with E-state index in [-0.39, 0.29) is 40.2 Å². The summed E-state index contributed by atoms with van der Waals surface area (Å²) < 4.78 is 4.88. The lowest BCUT2D eigenvalue weighted by Crippen LogP contribution is -2.30. The summed E-state index contributed by atoms with van der Waals surface area (Å²) in [6, 6.07) is 4.26. The van der Waals surface area contributed by atoms with Crippen LogP contribution in [0.2, 0.25) is 0 Å². The van der Waals surface area contributed by atoms with Gasteiger partial charge in [0.05, 0.1) is 11.8 Å². The number of hydrogen-bond donors (Lipinski definition) is 0. The summed E-state index contributed by atoms with van der Waals surface area (Å²) in [4.78, 5) is 24.0. The number of fused-ring (bicyclic) bond motifs is 4. The van der Waals surface area contributed by atoms with Gasteiger partial charge >= 0.3 is 11.9 Å². The Morgan fingerprint density at radius 2 is 1.81 bits per heavy atom. The van der Waals surface area contributed by atoms with Gasteiger partial charge in [-0.1, -0.05) is 0 Å². The number of nitriles is 2. The molecule has 0 aromatic heterocycles. The molecule has 1 aliphatic carbocycles. The van der Waals surface area contributed by atoms with Crippen LogP contribution in [0, 0.1) is 46.3 Å². The number of cyclic esters (lactones) is 2. The Balaban J connectivity index is 1.45. The Bertz CT molecular complexity index is 797. The second-order valence-corrected chi connectivity index (χ2v) is 11.4. The predicted octanol–water partition coefficient (Wildman–Crippen LogP) is 2.39. The normalized spacial score (nSPS) is 45.7. The molecule has 8 heteroatoms. The number of allylic oxidation sites excluding steroid dienone is 2. The van der Waals surface area contributed by atoms with Crippen molar-refractivity contribution in [3.8, 4) is 12.1 Å². The molecule has 4 heterocycles. The second kappa shape index (κ2) is 6.22. The highest BCUT2D eigenvalue weighted by atomic mass is 32.2. The average Bonchev–Trinajstić information content (AvgIpc) is 3.39. The standard InChI is InChI=1S/C18H16N2O3S3/c19-4-7(5-20)12-8-1-2-24-14(8)15-9(12)3-11(26-15)16-13-10(6-25-16)17(21)23-18(13)22/h8-11,13-16H,1-3,6H2. The van der Waals surface area contributed by atoms with Crippen molar-refractivity contribution in [3.05, 3.63) is 11.1 Å². The molecule has 8 unspecified atom stereocenters. The highest BCUT2D eigenvalue weighted by Gasteiger charge is 2.60. The molecule has 5 nitrogen and oxygen atoms in total. The minimum Gasteiger partial charge on any atom is -0.393 e. The Kier molecular flexibility index (Phi) is 4.08. The van der Waals surface area contributed by atoms with Gasteiger partial charge in [0.25, 0.3) is 0 Å². The molecule has 4 saturated heterocycles. The van der Waals surface area contributed by atoms with Gasteiger partial charge in [-0.2, -0.15) is 45.8 Å². The number of rotatable bonds is 1. The highest BCUT2D eigenvalue weighted by Crippen LogP contribution is 2.63. The van der Waals surface area contributed by atoms with E-state index in [0.29, 0.717) is 27.7 Å². The fourth-order valence-electron chi connectivity index (χ4n) is 5.37. The molecule has 134 valence electrons.